The molecule has 1 atom stereocenters. The van der Waals surface area contributed by atoms with E-state index in [9.17, 15) is 10.1 Å². The van der Waals surface area contributed by atoms with Crippen molar-refractivity contribution >= 4 is 5.69 Å². The predicted octanol–water partition coefficient (Wildman–Crippen LogP) is 1.12. The Balaban J connectivity index is 1.96. The minimum Gasteiger partial charge on any atom is -0.473 e. The molecule has 1 saturated heterocycles. The Labute approximate surface area is 92.8 Å². The molecular formula is C10H13N3O3. The van der Waals surface area contributed by atoms with E-state index in [1.807, 2.05) is 0 Å². The lowest BCUT2D eigenvalue weighted by Gasteiger charge is -2.23. The molecule has 86 valence electrons. The van der Waals surface area contributed by atoms with E-state index in [1.165, 1.54) is 18.3 Å². The number of pyridine rings is 1. The number of piperidine rings is 1. The van der Waals surface area contributed by atoms with Gasteiger partial charge >= 0.3 is 0 Å². The van der Waals surface area contributed by atoms with Crippen LogP contribution in [0.5, 0.6) is 5.88 Å². The maximum atomic E-state index is 10.4. The molecule has 1 aliphatic heterocycles. The number of ether oxygens (including phenoxy) is 1. The van der Waals surface area contributed by atoms with Gasteiger partial charge in [0.15, 0.2) is 0 Å². The fourth-order valence-corrected chi connectivity index (χ4v) is 1.64. The van der Waals surface area contributed by atoms with Crippen molar-refractivity contribution in [2.24, 2.45) is 0 Å². The molecule has 1 fully saturated rings. The molecule has 0 saturated carbocycles. The molecule has 2 rings (SSSR count). The first-order valence-electron chi connectivity index (χ1n) is 5.23. The highest BCUT2D eigenvalue weighted by molar-refractivity contribution is 5.28. The van der Waals surface area contributed by atoms with Crippen LogP contribution in [0.25, 0.3) is 0 Å². The van der Waals surface area contributed by atoms with Crippen molar-refractivity contribution in [2.75, 3.05) is 13.1 Å². The van der Waals surface area contributed by atoms with Gasteiger partial charge in [-0.3, -0.25) is 10.1 Å². The number of nitrogens with zero attached hydrogens (tertiary/aromatic N) is 2. The van der Waals surface area contributed by atoms with Crippen LogP contribution in [0.2, 0.25) is 0 Å². The molecule has 0 unspecified atom stereocenters. The molecule has 0 amide bonds. The number of hydrogen-bond donors (Lipinski definition) is 1. The summed E-state index contributed by atoms with van der Waals surface area (Å²) in [5, 5.41) is 13.6. The topological polar surface area (TPSA) is 77.3 Å². The summed E-state index contributed by atoms with van der Waals surface area (Å²) in [5.74, 6) is 0.444. The summed E-state index contributed by atoms with van der Waals surface area (Å²) in [5.41, 5.74) is -0.0193. The fraction of sp³-hybridized carbons (Fsp3) is 0.500. The minimum atomic E-state index is -0.473. The fourth-order valence-electron chi connectivity index (χ4n) is 1.64. The van der Waals surface area contributed by atoms with Gasteiger partial charge in [0, 0.05) is 18.7 Å². The van der Waals surface area contributed by atoms with Gasteiger partial charge in [0.25, 0.3) is 5.69 Å². The third-order valence-electron chi connectivity index (χ3n) is 2.47. The van der Waals surface area contributed by atoms with Gasteiger partial charge in [-0.05, 0) is 19.4 Å². The highest BCUT2D eigenvalue weighted by Crippen LogP contribution is 2.16. The summed E-state index contributed by atoms with van der Waals surface area (Å²) >= 11 is 0. The molecule has 0 spiro atoms. The van der Waals surface area contributed by atoms with Gasteiger partial charge in [0.2, 0.25) is 5.88 Å². The van der Waals surface area contributed by atoms with Crippen LogP contribution >= 0.6 is 0 Å². The van der Waals surface area contributed by atoms with Crippen molar-refractivity contribution in [3.8, 4) is 5.88 Å². The zero-order chi connectivity index (χ0) is 11.4. The average molecular weight is 223 g/mol. The summed E-state index contributed by atoms with van der Waals surface area (Å²) < 4.78 is 5.59. The molecule has 16 heavy (non-hydrogen) atoms. The maximum absolute atomic E-state index is 10.4. The summed E-state index contributed by atoms with van der Waals surface area (Å²) in [7, 11) is 0. The molecule has 6 heteroatoms. The van der Waals surface area contributed by atoms with E-state index in [1.54, 1.807) is 0 Å². The molecule has 0 bridgehead atoms. The van der Waals surface area contributed by atoms with Gasteiger partial charge in [0.05, 0.1) is 4.92 Å². The van der Waals surface area contributed by atoms with Gasteiger partial charge < -0.3 is 10.1 Å². The highest BCUT2D eigenvalue weighted by atomic mass is 16.6. The quantitative estimate of drug-likeness (QED) is 0.613. The Hall–Kier alpha value is -1.69. The number of aromatic nitrogens is 1. The van der Waals surface area contributed by atoms with E-state index in [-0.39, 0.29) is 11.8 Å². The maximum Gasteiger partial charge on any atom is 0.287 e. The number of rotatable bonds is 3. The van der Waals surface area contributed by atoms with E-state index >= 15 is 0 Å². The summed E-state index contributed by atoms with van der Waals surface area (Å²) in [6.07, 6.45) is 3.40. The molecule has 1 aliphatic rings. The number of nitro groups is 1. The van der Waals surface area contributed by atoms with Crippen molar-refractivity contribution in [1.29, 1.82) is 0 Å². The summed E-state index contributed by atoms with van der Waals surface area (Å²) in [4.78, 5) is 13.8. The zero-order valence-electron chi connectivity index (χ0n) is 8.76. The second-order valence-corrected chi connectivity index (χ2v) is 3.70. The molecular weight excluding hydrogens is 210 g/mol. The smallest absolute Gasteiger partial charge is 0.287 e. The molecule has 1 aromatic rings. The highest BCUT2D eigenvalue weighted by Gasteiger charge is 2.15. The Kier molecular flexibility index (Phi) is 3.31. The average Bonchev–Trinajstić information content (AvgIpc) is 2.31. The van der Waals surface area contributed by atoms with E-state index in [2.05, 4.69) is 10.3 Å². The lowest BCUT2D eigenvalue weighted by Crippen LogP contribution is -2.37. The monoisotopic (exact) mass is 223 g/mol. The van der Waals surface area contributed by atoms with Crippen LogP contribution in [0.4, 0.5) is 5.69 Å². The first kappa shape index (κ1) is 10.8. The van der Waals surface area contributed by atoms with Crippen molar-refractivity contribution in [2.45, 2.75) is 18.9 Å². The summed E-state index contributed by atoms with van der Waals surface area (Å²) in [6, 6.07) is 2.94. The first-order chi connectivity index (χ1) is 7.75. The van der Waals surface area contributed by atoms with Crippen LogP contribution < -0.4 is 10.1 Å². The van der Waals surface area contributed by atoms with Gasteiger partial charge in [0.1, 0.15) is 12.3 Å². The van der Waals surface area contributed by atoms with Crippen LogP contribution in [0.3, 0.4) is 0 Å². The second-order valence-electron chi connectivity index (χ2n) is 3.70. The van der Waals surface area contributed by atoms with E-state index < -0.39 is 4.92 Å². The Bertz CT molecular complexity index is 360. The van der Waals surface area contributed by atoms with Gasteiger partial charge in [-0.15, -0.1) is 0 Å². The van der Waals surface area contributed by atoms with E-state index in [0.717, 1.165) is 25.9 Å². The first-order valence-corrected chi connectivity index (χ1v) is 5.23. The van der Waals surface area contributed by atoms with Crippen molar-refractivity contribution < 1.29 is 9.66 Å². The van der Waals surface area contributed by atoms with Crippen molar-refractivity contribution in [3.05, 3.63) is 28.4 Å². The minimum absolute atomic E-state index is 0.0193. The molecule has 1 N–H and O–H groups in total. The van der Waals surface area contributed by atoms with Crippen molar-refractivity contribution in [1.82, 2.24) is 10.3 Å². The third-order valence-corrected chi connectivity index (χ3v) is 2.47. The molecule has 2 heterocycles. The second kappa shape index (κ2) is 4.89. The normalized spacial score (nSPS) is 20.4. The molecule has 0 radical (unpaired) electrons. The van der Waals surface area contributed by atoms with Crippen molar-refractivity contribution in [3.63, 3.8) is 0 Å². The van der Waals surface area contributed by atoms with Gasteiger partial charge in [-0.25, -0.2) is 4.98 Å². The molecule has 0 aliphatic carbocycles. The Morgan fingerprint density at radius 1 is 1.56 bits per heavy atom. The van der Waals surface area contributed by atoms with Crippen LogP contribution in [-0.4, -0.2) is 29.1 Å². The van der Waals surface area contributed by atoms with E-state index in [4.69, 9.17) is 4.74 Å². The molecule has 6 nitrogen and oxygen atoms in total. The molecule has 1 aromatic heterocycles. The summed E-state index contributed by atoms with van der Waals surface area (Å²) in [6.45, 7) is 1.83. The lowest BCUT2D eigenvalue weighted by molar-refractivity contribution is -0.385. The van der Waals surface area contributed by atoms with Crippen LogP contribution in [0.15, 0.2) is 18.3 Å². The third kappa shape index (κ3) is 2.66. The number of nitrogens with one attached hydrogen (secondary N) is 1. The number of hydrogen-bond acceptors (Lipinski definition) is 5. The molecule has 0 aromatic carbocycles. The van der Waals surface area contributed by atoms with Gasteiger partial charge in [-0.2, -0.15) is 0 Å². The Morgan fingerprint density at radius 2 is 2.44 bits per heavy atom. The largest absolute Gasteiger partial charge is 0.473 e. The predicted molar refractivity (Wildman–Crippen MR) is 57.4 cm³/mol. The lowest BCUT2D eigenvalue weighted by atomic mass is 10.1. The zero-order valence-corrected chi connectivity index (χ0v) is 8.76. The van der Waals surface area contributed by atoms with Crippen LogP contribution in [0.1, 0.15) is 12.8 Å². The Morgan fingerprint density at radius 3 is 3.00 bits per heavy atom. The van der Waals surface area contributed by atoms with Gasteiger partial charge in [-0.1, -0.05) is 0 Å². The van der Waals surface area contributed by atoms with Crippen LogP contribution in [0, 0.1) is 10.1 Å². The van der Waals surface area contributed by atoms with E-state index in [0.29, 0.717) is 5.88 Å². The standard InChI is InChI=1S/C10H13N3O3/c14-13(15)8-3-4-10(12-6-8)16-9-2-1-5-11-7-9/h3-4,6,9,11H,1-2,5,7H2/t9-/m1/s1. The SMILES string of the molecule is O=[N+]([O-])c1ccc(O[C@@H]2CCCNC2)nc1. The van der Waals surface area contributed by atoms with Crippen LogP contribution in [-0.2, 0) is 0 Å².